The van der Waals surface area contributed by atoms with Crippen molar-refractivity contribution >= 4 is 29.1 Å². The molecule has 6 heteroatoms. The summed E-state index contributed by atoms with van der Waals surface area (Å²) in [5, 5.41) is 8.07. The summed E-state index contributed by atoms with van der Waals surface area (Å²) in [6, 6.07) is 23.5. The molecule has 3 aromatic rings. The molecule has 3 amide bonds. The number of para-hydroxylation sites is 1. The Kier molecular flexibility index (Phi) is 7.05. The molecule has 3 N–H and O–H groups in total. The van der Waals surface area contributed by atoms with Gasteiger partial charge in [0.15, 0.2) is 0 Å². The Hall–Kier alpha value is -3.93. The number of hydrogen-bond donors (Lipinski definition) is 3. The molecule has 0 saturated carbocycles. The zero-order chi connectivity index (χ0) is 23.1. The molecule has 6 nitrogen and oxygen atoms in total. The Labute approximate surface area is 188 Å². The summed E-state index contributed by atoms with van der Waals surface area (Å²) >= 11 is 0. The van der Waals surface area contributed by atoms with Crippen LogP contribution in [0.2, 0.25) is 0 Å². The average molecular weight is 430 g/mol. The monoisotopic (exact) mass is 429 g/mol. The molecule has 3 rings (SSSR count). The van der Waals surface area contributed by atoms with Crippen LogP contribution in [0, 0.1) is 6.92 Å². The van der Waals surface area contributed by atoms with Crippen LogP contribution in [0.15, 0.2) is 78.9 Å². The Balaban J connectivity index is 1.54. The summed E-state index contributed by atoms with van der Waals surface area (Å²) in [4.78, 5) is 36.9. The molecule has 0 bridgehead atoms. The van der Waals surface area contributed by atoms with Crippen molar-refractivity contribution in [3.8, 4) is 0 Å². The van der Waals surface area contributed by atoms with Gasteiger partial charge >= 0.3 is 11.8 Å². The third kappa shape index (κ3) is 5.82. The van der Waals surface area contributed by atoms with E-state index in [4.69, 9.17) is 0 Å². The Morgan fingerprint density at radius 3 is 1.97 bits per heavy atom. The summed E-state index contributed by atoms with van der Waals surface area (Å²) < 4.78 is 0. The third-order valence-corrected chi connectivity index (χ3v) is 5.21. The topological polar surface area (TPSA) is 87.3 Å². The number of amides is 3. The molecule has 3 aromatic carbocycles. The van der Waals surface area contributed by atoms with Gasteiger partial charge in [0.25, 0.3) is 5.91 Å². The van der Waals surface area contributed by atoms with Crippen molar-refractivity contribution < 1.29 is 14.4 Å². The van der Waals surface area contributed by atoms with E-state index >= 15 is 0 Å². The minimum atomic E-state index is -0.757. The number of anilines is 2. The molecule has 0 heterocycles. The molecule has 0 spiro atoms. The molecular weight excluding hydrogens is 402 g/mol. The van der Waals surface area contributed by atoms with Crippen LogP contribution in [0.25, 0.3) is 0 Å². The Morgan fingerprint density at radius 1 is 0.719 bits per heavy atom. The lowest BCUT2D eigenvalue weighted by atomic mass is 9.82. The van der Waals surface area contributed by atoms with Crippen LogP contribution in [0.4, 0.5) is 11.4 Å². The average Bonchev–Trinajstić information content (AvgIpc) is 2.78. The van der Waals surface area contributed by atoms with E-state index in [0.717, 1.165) is 11.1 Å². The lowest BCUT2D eigenvalue weighted by Crippen LogP contribution is -2.42. The standard InChI is InChI=1S/C26H27N3O3/c1-18-9-7-8-12-22(18)26(2,3)17-27-24(31)25(32)29-21-15-13-19(14-16-21)23(30)28-20-10-5-4-6-11-20/h4-16H,17H2,1-3H3,(H,27,31)(H,28,30)(H,29,32). The Morgan fingerprint density at radius 2 is 1.31 bits per heavy atom. The molecule has 0 unspecified atom stereocenters. The van der Waals surface area contributed by atoms with E-state index in [0.29, 0.717) is 23.5 Å². The van der Waals surface area contributed by atoms with Gasteiger partial charge in [-0.15, -0.1) is 0 Å². The predicted molar refractivity (Wildman–Crippen MR) is 127 cm³/mol. The minimum absolute atomic E-state index is 0.259. The molecule has 0 aliphatic heterocycles. The fraction of sp³-hybridized carbons (Fsp3) is 0.192. The van der Waals surface area contributed by atoms with Crippen molar-refractivity contribution in [2.75, 3.05) is 17.2 Å². The second-order valence-electron chi connectivity index (χ2n) is 8.23. The van der Waals surface area contributed by atoms with Crippen LogP contribution in [-0.4, -0.2) is 24.3 Å². The van der Waals surface area contributed by atoms with Gasteiger partial charge in [-0.1, -0.05) is 56.3 Å². The first-order chi connectivity index (χ1) is 15.3. The zero-order valence-corrected chi connectivity index (χ0v) is 18.4. The lowest BCUT2D eigenvalue weighted by molar-refractivity contribution is -0.136. The van der Waals surface area contributed by atoms with Gasteiger partial charge < -0.3 is 16.0 Å². The molecule has 164 valence electrons. The molecule has 0 aromatic heterocycles. The summed E-state index contributed by atoms with van der Waals surface area (Å²) in [5.74, 6) is -1.73. The van der Waals surface area contributed by atoms with E-state index in [1.54, 1.807) is 36.4 Å². The number of hydrogen-bond acceptors (Lipinski definition) is 3. The van der Waals surface area contributed by atoms with Gasteiger partial charge in [0.1, 0.15) is 0 Å². The van der Waals surface area contributed by atoms with Gasteiger partial charge in [0, 0.05) is 28.9 Å². The van der Waals surface area contributed by atoms with Gasteiger partial charge in [0.2, 0.25) is 0 Å². The first-order valence-corrected chi connectivity index (χ1v) is 10.4. The fourth-order valence-electron chi connectivity index (χ4n) is 3.43. The van der Waals surface area contributed by atoms with E-state index in [1.807, 2.05) is 63.2 Å². The normalized spacial score (nSPS) is 10.8. The summed E-state index contributed by atoms with van der Waals surface area (Å²) in [7, 11) is 0. The maximum absolute atomic E-state index is 12.3. The van der Waals surface area contributed by atoms with Crippen molar-refractivity contribution in [3.63, 3.8) is 0 Å². The number of benzene rings is 3. The number of aryl methyl sites for hydroxylation is 1. The molecule has 0 aliphatic carbocycles. The second kappa shape index (κ2) is 9.92. The molecule has 0 aliphatic rings. The largest absolute Gasteiger partial charge is 0.347 e. The van der Waals surface area contributed by atoms with E-state index in [1.165, 1.54) is 0 Å². The summed E-state index contributed by atoms with van der Waals surface area (Å²) in [5.41, 5.74) is 3.49. The molecule has 0 atom stereocenters. The summed E-state index contributed by atoms with van der Waals surface area (Å²) in [6.45, 7) is 6.39. The SMILES string of the molecule is Cc1ccccc1C(C)(C)CNC(=O)C(=O)Nc1ccc(C(=O)Nc2ccccc2)cc1. The number of carbonyl (C=O) groups excluding carboxylic acids is 3. The first-order valence-electron chi connectivity index (χ1n) is 10.4. The van der Waals surface area contributed by atoms with Gasteiger partial charge in [0.05, 0.1) is 0 Å². The molecule has 0 radical (unpaired) electrons. The van der Waals surface area contributed by atoms with E-state index < -0.39 is 11.8 Å². The van der Waals surface area contributed by atoms with E-state index in [2.05, 4.69) is 16.0 Å². The van der Waals surface area contributed by atoms with Crippen molar-refractivity contribution in [1.82, 2.24) is 5.32 Å². The molecule has 32 heavy (non-hydrogen) atoms. The molecule has 0 saturated heterocycles. The van der Waals surface area contributed by atoms with Crippen LogP contribution in [0.1, 0.15) is 35.3 Å². The Bertz CT molecular complexity index is 1110. The van der Waals surface area contributed by atoms with Crippen LogP contribution in [-0.2, 0) is 15.0 Å². The number of rotatable bonds is 6. The molecular formula is C26H27N3O3. The van der Waals surface area contributed by atoms with Gasteiger partial charge in [-0.05, 0) is 54.4 Å². The first kappa shape index (κ1) is 22.7. The van der Waals surface area contributed by atoms with Crippen LogP contribution in [0.3, 0.4) is 0 Å². The van der Waals surface area contributed by atoms with Crippen molar-refractivity contribution in [3.05, 3.63) is 95.6 Å². The number of carbonyl (C=O) groups is 3. The molecule has 0 fully saturated rings. The zero-order valence-electron chi connectivity index (χ0n) is 18.4. The maximum atomic E-state index is 12.3. The minimum Gasteiger partial charge on any atom is -0.347 e. The highest BCUT2D eigenvalue weighted by atomic mass is 16.2. The summed E-state index contributed by atoms with van der Waals surface area (Å²) in [6.07, 6.45) is 0. The van der Waals surface area contributed by atoms with Crippen LogP contribution < -0.4 is 16.0 Å². The lowest BCUT2D eigenvalue weighted by Gasteiger charge is -2.27. The highest BCUT2D eigenvalue weighted by Crippen LogP contribution is 2.25. The van der Waals surface area contributed by atoms with Gasteiger partial charge in [-0.25, -0.2) is 0 Å². The third-order valence-electron chi connectivity index (χ3n) is 5.21. The van der Waals surface area contributed by atoms with Crippen molar-refractivity contribution in [2.45, 2.75) is 26.2 Å². The van der Waals surface area contributed by atoms with Crippen LogP contribution >= 0.6 is 0 Å². The second-order valence-corrected chi connectivity index (χ2v) is 8.23. The fourth-order valence-corrected chi connectivity index (χ4v) is 3.43. The highest BCUT2D eigenvalue weighted by molar-refractivity contribution is 6.39. The predicted octanol–water partition coefficient (Wildman–Crippen LogP) is 4.28. The quantitative estimate of drug-likeness (QED) is 0.511. The smallest absolute Gasteiger partial charge is 0.313 e. The number of nitrogens with one attached hydrogen (secondary N) is 3. The van der Waals surface area contributed by atoms with Crippen molar-refractivity contribution in [2.24, 2.45) is 0 Å². The van der Waals surface area contributed by atoms with Crippen LogP contribution in [0.5, 0.6) is 0 Å². The highest BCUT2D eigenvalue weighted by Gasteiger charge is 2.24. The maximum Gasteiger partial charge on any atom is 0.313 e. The van der Waals surface area contributed by atoms with Gasteiger partial charge in [-0.3, -0.25) is 14.4 Å². The van der Waals surface area contributed by atoms with E-state index in [9.17, 15) is 14.4 Å². The van der Waals surface area contributed by atoms with Crippen molar-refractivity contribution in [1.29, 1.82) is 0 Å². The van der Waals surface area contributed by atoms with Gasteiger partial charge in [-0.2, -0.15) is 0 Å². The van der Waals surface area contributed by atoms with E-state index in [-0.39, 0.29) is 11.3 Å².